The first-order valence-electron chi connectivity index (χ1n) is 5.91. The van der Waals surface area contributed by atoms with E-state index in [4.69, 9.17) is 5.73 Å². The second kappa shape index (κ2) is 6.75. The molecule has 0 aliphatic heterocycles. The monoisotopic (exact) mass is 270 g/mol. The van der Waals surface area contributed by atoms with Crippen molar-refractivity contribution in [2.45, 2.75) is 30.7 Å². The molecule has 0 aromatic heterocycles. The standard InChI is InChI=1S/C13H19FN2OS/c1-3-8-16-13(2,12(15)17)9-18-11-6-4-10(14)5-7-11/h4-7,16H,3,8-9H2,1-2H3,(H2,15,17). The molecule has 0 saturated heterocycles. The van der Waals surface area contributed by atoms with Crippen LogP contribution in [0.2, 0.25) is 0 Å². The van der Waals surface area contributed by atoms with Gasteiger partial charge < -0.3 is 11.1 Å². The molecule has 1 rings (SSSR count). The maximum atomic E-state index is 12.8. The molecule has 3 nitrogen and oxygen atoms in total. The summed E-state index contributed by atoms with van der Waals surface area (Å²) in [6.45, 7) is 4.56. The maximum Gasteiger partial charge on any atom is 0.238 e. The summed E-state index contributed by atoms with van der Waals surface area (Å²) in [6.07, 6.45) is 0.935. The summed E-state index contributed by atoms with van der Waals surface area (Å²) in [6, 6.07) is 6.20. The quantitative estimate of drug-likeness (QED) is 0.747. The summed E-state index contributed by atoms with van der Waals surface area (Å²) < 4.78 is 12.8. The van der Waals surface area contributed by atoms with Crippen LogP contribution in [0.5, 0.6) is 0 Å². The Kier molecular flexibility index (Phi) is 5.62. The topological polar surface area (TPSA) is 55.1 Å². The van der Waals surface area contributed by atoms with Crippen LogP contribution in [0.1, 0.15) is 20.3 Å². The van der Waals surface area contributed by atoms with E-state index in [0.717, 1.165) is 17.9 Å². The summed E-state index contributed by atoms with van der Waals surface area (Å²) in [4.78, 5) is 12.4. The fourth-order valence-corrected chi connectivity index (χ4v) is 2.40. The molecule has 1 aromatic rings. The van der Waals surface area contributed by atoms with E-state index in [1.165, 1.54) is 23.9 Å². The minimum absolute atomic E-state index is 0.263. The van der Waals surface area contributed by atoms with Crippen LogP contribution in [-0.2, 0) is 4.79 Å². The van der Waals surface area contributed by atoms with Gasteiger partial charge in [-0.15, -0.1) is 11.8 Å². The summed E-state index contributed by atoms with van der Waals surface area (Å²) in [5, 5.41) is 3.16. The molecule has 1 atom stereocenters. The maximum absolute atomic E-state index is 12.8. The van der Waals surface area contributed by atoms with Gasteiger partial charge in [0.25, 0.3) is 0 Å². The molecular formula is C13H19FN2OS. The third-order valence-electron chi connectivity index (χ3n) is 2.65. The van der Waals surface area contributed by atoms with Crippen LogP contribution in [-0.4, -0.2) is 23.7 Å². The highest BCUT2D eigenvalue weighted by atomic mass is 32.2. The molecule has 3 N–H and O–H groups in total. The van der Waals surface area contributed by atoms with Gasteiger partial charge in [-0.1, -0.05) is 6.92 Å². The van der Waals surface area contributed by atoms with Crippen LogP contribution < -0.4 is 11.1 Å². The summed E-state index contributed by atoms with van der Waals surface area (Å²) >= 11 is 1.48. The van der Waals surface area contributed by atoms with E-state index in [2.05, 4.69) is 5.32 Å². The number of nitrogens with one attached hydrogen (secondary N) is 1. The lowest BCUT2D eigenvalue weighted by Crippen LogP contribution is -2.55. The Bertz CT molecular complexity index is 396. The molecule has 18 heavy (non-hydrogen) atoms. The van der Waals surface area contributed by atoms with E-state index in [0.29, 0.717) is 5.75 Å². The van der Waals surface area contributed by atoms with Gasteiger partial charge >= 0.3 is 0 Å². The molecule has 0 bridgehead atoms. The Hall–Kier alpha value is -1.07. The van der Waals surface area contributed by atoms with Gasteiger partial charge in [0.2, 0.25) is 5.91 Å². The van der Waals surface area contributed by atoms with Crippen molar-refractivity contribution in [1.29, 1.82) is 0 Å². The van der Waals surface area contributed by atoms with Gasteiger partial charge in [-0.3, -0.25) is 4.79 Å². The normalized spacial score (nSPS) is 14.2. The van der Waals surface area contributed by atoms with Gasteiger partial charge in [0.15, 0.2) is 0 Å². The van der Waals surface area contributed by atoms with Crippen molar-refractivity contribution < 1.29 is 9.18 Å². The van der Waals surface area contributed by atoms with Crippen molar-refractivity contribution in [3.63, 3.8) is 0 Å². The molecule has 1 amide bonds. The largest absolute Gasteiger partial charge is 0.368 e. The van der Waals surface area contributed by atoms with Gasteiger partial charge in [-0.25, -0.2) is 4.39 Å². The molecule has 0 radical (unpaired) electrons. The molecule has 0 heterocycles. The molecule has 0 spiro atoms. The first kappa shape index (κ1) is 15.0. The van der Waals surface area contributed by atoms with Gasteiger partial charge in [0, 0.05) is 10.6 Å². The number of amides is 1. The third kappa shape index (κ3) is 4.31. The van der Waals surface area contributed by atoms with Gasteiger partial charge in [-0.2, -0.15) is 0 Å². The van der Waals surface area contributed by atoms with E-state index in [-0.39, 0.29) is 11.7 Å². The zero-order chi connectivity index (χ0) is 13.6. The number of thioether (sulfide) groups is 1. The molecule has 0 aliphatic carbocycles. The van der Waals surface area contributed by atoms with Gasteiger partial charge in [0.1, 0.15) is 11.4 Å². The molecule has 100 valence electrons. The number of carbonyl (C=O) groups is 1. The minimum atomic E-state index is -0.741. The SMILES string of the molecule is CCCNC(C)(CSc1ccc(F)cc1)C(N)=O. The van der Waals surface area contributed by atoms with E-state index in [9.17, 15) is 9.18 Å². The van der Waals surface area contributed by atoms with Crippen LogP contribution >= 0.6 is 11.8 Å². The van der Waals surface area contributed by atoms with Crippen molar-refractivity contribution in [2.24, 2.45) is 5.73 Å². The Morgan fingerprint density at radius 1 is 1.44 bits per heavy atom. The first-order valence-corrected chi connectivity index (χ1v) is 6.90. The van der Waals surface area contributed by atoms with Crippen LogP contribution in [0.3, 0.4) is 0 Å². The van der Waals surface area contributed by atoms with E-state index >= 15 is 0 Å². The van der Waals surface area contributed by atoms with Crippen molar-refractivity contribution in [3.05, 3.63) is 30.1 Å². The van der Waals surface area contributed by atoms with Gasteiger partial charge in [-0.05, 0) is 44.2 Å². The molecule has 1 aromatic carbocycles. The zero-order valence-electron chi connectivity index (χ0n) is 10.7. The minimum Gasteiger partial charge on any atom is -0.368 e. The number of nitrogens with two attached hydrogens (primary N) is 1. The molecule has 0 fully saturated rings. The predicted octanol–water partition coefficient (Wildman–Crippen LogP) is 2.16. The number of rotatable bonds is 7. The number of hydrogen-bond donors (Lipinski definition) is 2. The second-order valence-corrected chi connectivity index (χ2v) is 5.41. The lowest BCUT2D eigenvalue weighted by Gasteiger charge is -2.27. The van der Waals surface area contributed by atoms with Crippen molar-refractivity contribution in [2.75, 3.05) is 12.3 Å². The van der Waals surface area contributed by atoms with E-state index in [1.54, 1.807) is 19.1 Å². The zero-order valence-corrected chi connectivity index (χ0v) is 11.5. The Labute approximate surface area is 111 Å². The number of carbonyl (C=O) groups excluding carboxylic acids is 1. The molecular weight excluding hydrogens is 251 g/mol. The Morgan fingerprint density at radius 3 is 2.56 bits per heavy atom. The predicted molar refractivity (Wildman–Crippen MR) is 73.0 cm³/mol. The molecule has 0 aliphatic rings. The summed E-state index contributed by atoms with van der Waals surface area (Å²) in [7, 11) is 0. The fraction of sp³-hybridized carbons (Fsp3) is 0.462. The second-order valence-electron chi connectivity index (χ2n) is 4.37. The molecule has 0 saturated carbocycles. The fourth-order valence-electron chi connectivity index (χ4n) is 1.37. The van der Waals surface area contributed by atoms with Crippen LogP contribution in [0.4, 0.5) is 4.39 Å². The summed E-state index contributed by atoms with van der Waals surface area (Å²) in [5.41, 5.74) is 4.68. The Morgan fingerprint density at radius 2 is 2.06 bits per heavy atom. The van der Waals surface area contributed by atoms with Gasteiger partial charge in [0.05, 0.1) is 0 Å². The number of hydrogen-bond acceptors (Lipinski definition) is 3. The first-order chi connectivity index (χ1) is 8.48. The highest BCUT2D eigenvalue weighted by molar-refractivity contribution is 7.99. The number of halogens is 1. The average Bonchev–Trinajstić information content (AvgIpc) is 2.35. The van der Waals surface area contributed by atoms with Crippen molar-refractivity contribution >= 4 is 17.7 Å². The molecule has 5 heteroatoms. The molecule has 1 unspecified atom stereocenters. The lowest BCUT2D eigenvalue weighted by molar-refractivity contribution is -0.122. The summed E-state index contributed by atoms with van der Waals surface area (Å²) in [5.74, 6) is -0.111. The lowest BCUT2D eigenvalue weighted by atomic mass is 10.1. The van der Waals surface area contributed by atoms with Crippen LogP contribution in [0.25, 0.3) is 0 Å². The smallest absolute Gasteiger partial charge is 0.238 e. The highest BCUT2D eigenvalue weighted by Crippen LogP contribution is 2.22. The van der Waals surface area contributed by atoms with E-state index < -0.39 is 5.54 Å². The van der Waals surface area contributed by atoms with Crippen LogP contribution in [0, 0.1) is 5.82 Å². The van der Waals surface area contributed by atoms with Crippen molar-refractivity contribution in [3.8, 4) is 0 Å². The average molecular weight is 270 g/mol. The van der Waals surface area contributed by atoms with E-state index in [1.807, 2.05) is 6.92 Å². The Balaban J connectivity index is 2.62. The van der Waals surface area contributed by atoms with Crippen molar-refractivity contribution in [1.82, 2.24) is 5.32 Å². The highest BCUT2D eigenvalue weighted by Gasteiger charge is 2.30. The number of primary amides is 1. The third-order valence-corrected chi connectivity index (χ3v) is 3.98. The van der Waals surface area contributed by atoms with Crippen LogP contribution in [0.15, 0.2) is 29.2 Å². The number of benzene rings is 1.